The molecule has 1 aromatic heterocycles. The maximum Gasteiger partial charge on any atom is 0.243 e. The summed E-state index contributed by atoms with van der Waals surface area (Å²) >= 11 is 5.98. The van der Waals surface area contributed by atoms with Crippen LogP contribution in [0.5, 0.6) is 0 Å². The van der Waals surface area contributed by atoms with Gasteiger partial charge in [0.25, 0.3) is 0 Å². The fourth-order valence-electron chi connectivity index (χ4n) is 3.27. The maximum absolute atomic E-state index is 12.0. The van der Waals surface area contributed by atoms with Gasteiger partial charge in [-0.05, 0) is 29.8 Å². The van der Waals surface area contributed by atoms with Crippen LogP contribution in [0.25, 0.3) is 0 Å². The van der Waals surface area contributed by atoms with Crippen molar-refractivity contribution in [3.63, 3.8) is 0 Å². The molecule has 0 aliphatic carbocycles. The van der Waals surface area contributed by atoms with E-state index >= 15 is 0 Å². The highest BCUT2D eigenvalue weighted by atomic mass is 35.5. The maximum atomic E-state index is 12.0. The van der Waals surface area contributed by atoms with Crippen molar-refractivity contribution >= 4 is 23.5 Å². The van der Waals surface area contributed by atoms with Gasteiger partial charge in [0, 0.05) is 64.8 Å². The molecular weight excluding hydrogens is 402 g/mol. The van der Waals surface area contributed by atoms with E-state index in [0.717, 1.165) is 55.9 Å². The number of aliphatic imine (C=N–C) groups is 1. The Morgan fingerprint density at radius 3 is 2.53 bits per heavy atom. The Bertz CT molecular complexity index is 813. The van der Waals surface area contributed by atoms with Gasteiger partial charge in [-0.1, -0.05) is 23.7 Å². The molecule has 30 heavy (non-hydrogen) atoms. The Balaban J connectivity index is 1.55. The third-order valence-electron chi connectivity index (χ3n) is 5.09. The Morgan fingerprint density at radius 1 is 1.17 bits per heavy atom. The fourth-order valence-corrected chi connectivity index (χ4v) is 3.40. The van der Waals surface area contributed by atoms with E-state index < -0.39 is 0 Å². The van der Waals surface area contributed by atoms with Crippen LogP contribution in [-0.2, 0) is 17.8 Å². The summed E-state index contributed by atoms with van der Waals surface area (Å²) in [4.78, 5) is 22.8. The minimum absolute atomic E-state index is 0.0123. The molecule has 8 heteroatoms. The van der Waals surface area contributed by atoms with Gasteiger partial charge in [0.1, 0.15) is 12.3 Å². The van der Waals surface area contributed by atoms with Crippen LogP contribution >= 0.6 is 11.6 Å². The number of guanidine groups is 1. The number of hydrogen-bond acceptors (Lipinski definition) is 4. The van der Waals surface area contributed by atoms with Crippen LogP contribution in [0.2, 0.25) is 5.02 Å². The minimum atomic E-state index is -0.0123. The summed E-state index contributed by atoms with van der Waals surface area (Å²) in [6.07, 6.45) is 2.45. The Labute approximate surface area is 183 Å². The predicted octanol–water partition coefficient (Wildman–Crippen LogP) is 2.33. The number of benzene rings is 1. The van der Waals surface area contributed by atoms with Crippen molar-refractivity contribution in [2.45, 2.75) is 13.0 Å². The van der Waals surface area contributed by atoms with E-state index in [2.05, 4.69) is 32.2 Å². The molecular formula is C22H30ClN5O2. The molecule has 0 spiro atoms. The number of rotatable bonds is 7. The summed E-state index contributed by atoms with van der Waals surface area (Å²) in [6.45, 7) is 5.33. The summed E-state index contributed by atoms with van der Waals surface area (Å²) in [5.74, 6) is 1.70. The third-order valence-corrected chi connectivity index (χ3v) is 5.34. The molecule has 0 unspecified atom stereocenters. The topological polar surface area (TPSA) is 64.3 Å². The normalized spacial score (nSPS) is 15.3. The molecule has 1 N–H and O–H groups in total. The lowest BCUT2D eigenvalue weighted by Crippen LogP contribution is -2.52. The van der Waals surface area contributed by atoms with E-state index in [0.29, 0.717) is 6.54 Å². The average molecular weight is 432 g/mol. The van der Waals surface area contributed by atoms with Crippen molar-refractivity contribution in [2.24, 2.45) is 4.99 Å². The largest absolute Gasteiger partial charge is 0.469 e. The Hall–Kier alpha value is -2.51. The zero-order chi connectivity index (χ0) is 21.3. The van der Waals surface area contributed by atoms with E-state index in [9.17, 15) is 4.79 Å². The monoisotopic (exact) mass is 431 g/mol. The van der Waals surface area contributed by atoms with Crippen molar-refractivity contribution in [1.29, 1.82) is 0 Å². The second-order valence-electron chi connectivity index (χ2n) is 7.57. The Morgan fingerprint density at radius 2 is 1.90 bits per heavy atom. The van der Waals surface area contributed by atoms with E-state index in [1.807, 2.05) is 24.3 Å². The number of carbonyl (C=O) groups is 1. The molecule has 0 saturated carbocycles. The first-order valence-electron chi connectivity index (χ1n) is 10.2. The number of furan rings is 1. The van der Waals surface area contributed by atoms with Crippen LogP contribution in [0.4, 0.5) is 0 Å². The first-order chi connectivity index (χ1) is 14.5. The first-order valence-corrected chi connectivity index (χ1v) is 10.6. The average Bonchev–Trinajstić information content (AvgIpc) is 3.26. The number of nitrogens with one attached hydrogen (secondary N) is 1. The molecule has 1 aliphatic rings. The lowest BCUT2D eigenvalue weighted by atomic mass is 10.2. The van der Waals surface area contributed by atoms with Gasteiger partial charge in [-0.15, -0.1) is 0 Å². The van der Waals surface area contributed by atoms with Crippen LogP contribution in [0.3, 0.4) is 0 Å². The van der Waals surface area contributed by atoms with E-state index in [1.165, 1.54) is 5.56 Å². The standard InChI is InChI=1S/C22H30ClN5O2/c1-26(2)21(29)16-25-22(24-10-9-20-4-3-15-30-20)28-13-11-27(12-14-28)17-18-5-7-19(23)8-6-18/h3-8,15H,9-14,16-17H2,1-2H3,(H,24,25). The number of likely N-dealkylation sites (N-methyl/N-ethyl adjacent to an activating group) is 1. The van der Waals surface area contributed by atoms with E-state index in [4.69, 9.17) is 16.0 Å². The highest BCUT2D eigenvalue weighted by Gasteiger charge is 2.20. The van der Waals surface area contributed by atoms with Gasteiger partial charge < -0.3 is 19.5 Å². The summed E-state index contributed by atoms with van der Waals surface area (Å²) in [7, 11) is 3.49. The van der Waals surface area contributed by atoms with Gasteiger partial charge in [-0.2, -0.15) is 0 Å². The highest BCUT2D eigenvalue weighted by molar-refractivity contribution is 6.30. The first kappa shape index (κ1) is 22.2. The number of nitrogens with zero attached hydrogens (tertiary/aromatic N) is 4. The molecule has 0 atom stereocenters. The molecule has 1 saturated heterocycles. The lowest BCUT2D eigenvalue weighted by Gasteiger charge is -2.36. The van der Waals surface area contributed by atoms with Gasteiger partial charge in [-0.25, -0.2) is 4.99 Å². The smallest absolute Gasteiger partial charge is 0.243 e. The molecule has 1 fully saturated rings. The van der Waals surface area contributed by atoms with Crippen LogP contribution in [-0.4, -0.2) is 79.9 Å². The number of halogens is 1. The van der Waals surface area contributed by atoms with Crippen molar-refractivity contribution < 1.29 is 9.21 Å². The number of piperazine rings is 1. The van der Waals surface area contributed by atoms with Gasteiger partial charge >= 0.3 is 0 Å². The van der Waals surface area contributed by atoms with Crippen molar-refractivity contribution in [3.05, 3.63) is 59.0 Å². The molecule has 0 bridgehead atoms. The zero-order valence-electron chi connectivity index (χ0n) is 17.7. The van der Waals surface area contributed by atoms with Crippen molar-refractivity contribution in [3.8, 4) is 0 Å². The number of hydrogen-bond donors (Lipinski definition) is 1. The number of carbonyl (C=O) groups excluding carboxylic acids is 1. The summed E-state index contributed by atoms with van der Waals surface area (Å²) in [6, 6.07) is 11.9. The predicted molar refractivity (Wildman–Crippen MR) is 120 cm³/mol. The molecule has 1 amide bonds. The van der Waals surface area contributed by atoms with Gasteiger partial charge in [-0.3, -0.25) is 9.69 Å². The highest BCUT2D eigenvalue weighted by Crippen LogP contribution is 2.13. The zero-order valence-corrected chi connectivity index (χ0v) is 18.4. The molecule has 0 radical (unpaired) electrons. The molecule has 162 valence electrons. The van der Waals surface area contributed by atoms with Gasteiger partial charge in [0.15, 0.2) is 5.96 Å². The third kappa shape index (κ3) is 6.78. The van der Waals surface area contributed by atoms with Crippen molar-refractivity contribution in [1.82, 2.24) is 20.0 Å². The number of amides is 1. The van der Waals surface area contributed by atoms with Gasteiger partial charge in [0.05, 0.1) is 6.26 Å². The van der Waals surface area contributed by atoms with Crippen LogP contribution in [0.15, 0.2) is 52.1 Å². The molecule has 2 aromatic rings. The van der Waals surface area contributed by atoms with Crippen LogP contribution < -0.4 is 5.32 Å². The van der Waals surface area contributed by atoms with E-state index in [1.54, 1.807) is 25.3 Å². The molecule has 2 heterocycles. The SMILES string of the molecule is CN(C)C(=O)CN=C(NCCc1ccco1)N1CCN(Cc2ccc(Cl)cc2)CC1. The van der Waals surface area contributed by atoms with Crippen LogP contribution in [0.1, 0.15) is 11.3 Å². The van der Waals surface area contributed by atoms with E-state index in [-0.39, 0.29) is 12.5 Å². The van der Waals surface area contributed by atoms with Crippen LogP contribution in [0, 0.1) is 0 Å². The summed E-state index contributed by atoms with van der Waals surface area (Å²) in [5.41, 5.74) is 1.26. The second kappa shape index (κ2) is 11.0. The fraction of sp³-hybridized carbons (Fsp3) is 0.455. The minimum Gasteiger partial charge on any atom is -0.469 e. The Kier molecular flexibility index (Phi) is 8.16. The molecule has 1 aromatic carbocycles. The molecule has 3 rings (SSSR count). The van der Waals surface area contributed by atoms with Gasteiger partial charge in [0.2, 0.25) is 5.91 Å². The molecule has 1 aliphatic heterocycles. The quantitative estimate of drug-likeness (QED) is 0.538. The second-order valence-corrected chi connectivity index (χ2v) is 8.01. The summed E-state index contributed by atoms with van der Waals surface area (Å²) < 4.78 is 5.40. The lowest BCUT2D eigenvalue weighted by molar-refractivity contribution is -0.127. The summed E-state index contributed by atoms with van der Waals surface area (Å²) in [5, 5.41) is 4.17. The van der Waals surface area contributed by atoms with Crippen molar-refractivity contribution in [2.75, 3.05) is 53.4 Å². The molecule has 7 nitrogen and oxygen atoms in total.